The number of aliphatic hydroxyl groups excluding tert-OH is 1. The maximum Gasteiger partial charge on any atom is 0.328 e. The van der Waals surface area contributed by atoms with Gasteiger partial charge >= 0.3 is 11.9 Å². The van der Waals surface area contributed by atoms with Crippen molar-refractivity contribution in [2.45, 2.75) is 18.6 Å². The number of hydrogen-bond donors (Lipinski definition) is 3. The van der Waals surface area contributed by atoms with Crippen LogP contribution in [-0.4, -0.2) is 89.0 Å². The highest BCUT2D eigenvalue weighted by molar-refractivity contribution is 5.89. The Morgan fingerprint density at radius 2 is 1.24 bits per heavy atom. The van der Waals surface area contributed by atoms with Crippen LogP contribution in [0.3, 0.4) is 0 Å². The number of ether oxygens (including phenoxy) is 1. The number of carboxylic acid groups (broad SMARTS) is 2. The first-order valence-corrected chi connectivity index (χ1v) is 13.6. The minimum absolute atomic E-state index is 0.298. The molecule has 0 radical (unpaired) electrons. The fourth-order valence-corrected chi connectivity index (χ4v) is 4.55. The molecule has 1 atom stereocenters. The number of aliphatic carboxylic acids is 2. The number of halogens is 2. The summed E-state index contributed by atoms with van der Waals surface area (Å²) < 4.78 is 33.0. The summed E-state index contributed by atoms with van der Waals surface area (Å²) in [5.74, 6) is -3.11. The zero-order chi connectivity index (χ0) is 30.3. The molecule has 0 amide bonds. The fraction of sp³-hybridized carbons (Fsp3) is 0.312. The molecule has 3 aromatic rings. The largest absolute Gasteiger partial charge is 0.478 e. The molecule has 42 heavy (non-hydrogen) atoms. The van der Waals surface area contributed by atoms with Crippen LogP contribution in [0, 0.1) is 11.6 Å². The maximum absolute atomic E-state index is 13.4. The standard InChI is InChI=1S/C28H32F2N2O2.C4H4O4/c29-25-10-6-23(7-11-25)28(24-8-12-26(30)13-9-24)34-19-18-31-14-16-32(17-15-31)21-27(33)20-22-4-2-1-3-5-22;5-3(6)1-2-4(7)8/h1-13,27-28,33H,14-21H2;1-2H,(H,5,6)(H,7,8)/b;2-1+/t27-;/m1./s1. The second kappa shape index (κ2) is 17.1. The van der Waals surface area contributed by atoms with Crippen LogP contribution >= 0.6 is 0 Å². The molecule has 1 saturated heterocycles. The molecule has 0 saturated carbocycles. The van der Waals surface area contributed by atoms with Crippen LogP contribution in [0.25, 0.3) is 0 Å². The zero-order valence-electron chi connectivity index (χ0n) is 23.2. The van der Waals surface area contributed by atoms with Crippen LogP contribution in [0.4, 0.5) is 8.78 Å². The summed E-state index contributed by atoms with van der Waals surface area (Å²) in [4.78, 5) is 23.8. The van der Waals surface area contributed by atoms with E-state index >= 15 is 0 Å². The van der Waals surface area contributed by atoms with Gasteiger partial charge in [-0.1, -0.05) is 54.6 Å². The third kappa shape index (κ3) is 11.9. The number of benzene rings is 3. The van der Waals surface area contributed by atoms with Gasteiger partial charge in [0.1, 0.15) is 17.7 Å². The average Bonchev–Trinajstić information content (AvgIpc) is 2.97. The van der Waals surface area contributed by atoms with E-state index in [1.807, 2.05) is 30.3 Å². The van der Waals surface area contributed by atoms with Gasteiger partial charge in [-0.2, -0.15) is 0 Å². The normalized spacial score (nSPS) is 14.9. The summed E-state index contributed by atoms with van der Waals surface area (Å²) in [6, 6.07) is 22.6. The quantitative estimate of drug-likeness (QED) is 0.275. The van der Waals surface area contributed by atoms with Crippen molar-refractivity contribution in [1.82, 2.24) is 9.80 Å². The van der Waals surface area contributed by atoms with Gasteiger partial charge in [-0.05, 0) is 47.4 Å². The van der Waals surface area contributed by atoms with Gasteiger partial charge in [0.2, 0.25) is 0 Å². The Bertz CT molecular complexity index is 1200. The van der Waals surface area contributed by atoms with Gasteiger partial charge in [-0.25, -0.2) is 18.4 Å². The third-order valence-corrected chi connectivity index (χ3v) is 6.65. The molecule has 0 aromatic heterocycles. The van der Waals surface area contributed by atoms with E-state index in [4.69, 9.17) is 14.9 Å². The lowest BCUT2D eigenvalue weighted by atomic mass is 10.0. The van der Waals surface area contributed by atoms with Gasteiger partial charge < -0.3 is 20.1 Å². The predicted molar refractivity (Wildman–Crippen MR) is 154 cm³/mol. The molecule has 8 nitrogen and oxygen atoms in total. The summed E-state index contributed by atoms with van der Waals surface area (Å²) in [5, 5.41) is 26.1. The van der Waals surface area contributed by atoms with Crippen molar-refractivity contribution in [1.29, 1.82) is 0 Å². The van der Waals surface area contributed by atoms with Crippen LogP contribution in [0.1, 0.15) is 22.8 Å². The highest BCUT2D eigenvalue weighted by Crippen LogP contribution is 2.26. The third-order valence-electron chi connectivity index (χ3n) is 6.65. The van der Waals surface area contributed by atoms with Crippen molar-refractivity contribution in [3.05, 3.63) is 119 Å². The van der Waals surface area contributed by atoms with Crippen molar-refractivity contribution in [3.8, 4) is 0 Å². The molecule has 0 bridgehead atoms. The Morgan fingerprint density at radius 1 is 0.762 bits per heavy atom. The summed E-state index contributed by atoms with van der Waals surface area (Å²) in [7, 11) is 0. The Morgan fingerprint density at radius 3 is 1.71 bits per heavy atom. The van der Waals surface area contributed by atoms with Gasteiger partial charge in [-0.15, -0.1) is 0 Å². The van der Waals surface area contributed by atoms with Gasteiger partial charge in [0, 0.05) is 51.4 Å². The predicted octanol–water partition coefficient (Wildman–Crippen LogP) is 4.00. The molecule has 1 aliphatic heterocycles. The van der Waals surface area contributed by atoms with Crippen LogP contribution in [0.5, 0.6) is 0 Å². The highest BCUT2D eigenvalue weighted by Gasteiger charge is 2.21. The van der Waals surface area contributed by atoms with E-state index in [2.05, 4.69) is 9.80 Å². The number of carbonyl (C=O) groups is 2. The number of β-amino-alcohol motifs (C(OH)–C–C–N with tert-alkyl or cyclic N) is 1. The van der Waals surface area contributed by atoms with Crippen molar-refractivity contribution < 1.29 is 38.4 Å². The number of hydrogen-bond acceptors (Lipinski definition) is 6. The number of carboxylic acids is 2. The van der Waals surface area contributed by atoms with Gasteiger partial charge in [0.05, 0.1) is 12.7 Å². The van der Waals surface area contributed by atoms with Crippen molar-refractivity contribution in [3.63, 3.8) is 0 Å². The van der Waals surface area contributed by atoms with E-state index in [0.717, 1.165) is 49.4 Å². The van der Waals surface area contributed by atoms with Gasteiger partial charge in [0.25, 0.3) is 0 Å². The monoisotopic (exact) mass is 582 g/mol. The van der Waals surface area contributed by atoms with Crippen molar-refractivity contribution in [2.24, 2.45) is 0 Å². The Balaban J connectivity index is 0.000000531. The number of aliphatic hydroxyl groups is 1. The van der Waals surface area contributed by atoms with E-state index in [1.54, 1.807) is 24.3 Å². The minimum atomic E-state index is -1.26. The first kappa shape index (κ1) is 32.6. The van der Waals surface area contributed by atoms with Crippen LogP contribution in [-0.2, 0) is 20.7 Å². The number of piperazine rings is 1. The molecule has 224 valence electrons. The van der Waals surface area contributed by atoms with Crippen LogP contribution < -0.4 is 0 Å². The topological polar surface area (TPSA) is 111 Å². The number of nitrogens with zero attached hydrogens (tertiary/aromatic N) is 2. The number of rotatable bonds is 12. The first-order valence-electron chi connectivity index (χ1n) is 13.6. The second-order valence-corrected chi connectivity index (χ2v) is 9.85. The zero-order valence-corrected chi connectivity index (χ0v) is 23.2. The highest BCUT2D eigenvalue weighted by atomic mass is 19.1. The Labute approximate surface area is 244 Å². The molecule has 4 rings (SSSR count). The fourth-order valence-electron chi connectivity index (χ4n) is 4.55. The van der Waals surface area contributed by atoms with E-state index in [-0.39, 0.29) is 23.8 Å². The smallest absolute Gasteiger partial charge is 0.328 e. The molecular formula is C32H36F2N2O6. The molecule has 3 N–H and O–H groups in total. The molecule has 0 aliphatic carbocycles. The molecular weight excluding hydrogens is 546 g/mol. The summed E-state index contributed by atoms with van der Waals surface area (Å²) in [6.45, 7) is 5.61. The van der Waals surface area contributed by atoms with Crippen LogP contribution in [0.2, 0.25) is 0 Å². The average molecular weight is 583 g/mol. The summed E-state index contributed by atoms with van der Waals surface area (Å²) in [6.07, 6.45) is 1.04. The van der Waals surface area contributed by atoms with E-state index < -0.39 is 11.9 Å². The maximum atomic E-state index is 13.4. The molecule has 1 aliphatic rings. The van der Waals surface area contributed by atoms with E-state index in [0.29, 0.717) is 31.7 Å². The van der Waals surface area contributed by atoms with Gasteiger partial charge in [-0.3, -0.25) is 9.80 Å². The Hall–Kier alpha value is -3.96. The minimum Gasteiger partial charge on any atom is -0.478 e. The molecule has 3 aromatic carbocycles. The molecule has 1 heterocycles. The van der Waals surface area contributed by atoms with Crippen LogP contribution in [0.15, 0.2) is 91.0 Å². The molecule has 0 unspecified atom stereocenters. The lowest BCUT2D eigenvalue weighted by molar-refractivity contribution is -0.134. The van der Waals surface area contributed by atoms with E-state index in [9.17, 15) is 23.5 Å². The van der Waals surface area contributed by atoms with Crippen molar-refractivity contribution >= 4 is 11.9 Å². The summed E-state index contributed by atoms with van der Waals surface area (Å²) in [5.41, 5.74) is 2.83. The van der Waals surface area contributed by atoms with Gasteiger partial charge in [0.15, 0.2) is 0 Å². The Kier molecular flexibility index (Phi) is 13.3. The molecule has 1 fully saturated rings. The first-order chi connectivity index (χ1) is 20.2. The summed E-state index contributed by atoms with van der Waals surface area (Å²) >= 11 is 0. The van der Waals surface area contributed by atoms with Crippen molar-refractivity contribution in [2.75, 3.05) is 45.9 Å². The lowest BCUT2D eigenvalue weighted by Crippen LogP contribution is -2.49. The SMILES string of the molecule is O=C(O)/C=C/C(=O)O.O[C@H](Cc1ccccc1)CN1CCN(CCOC(c2ccc(F)cc2)c2ccc(F)cc2)CC1. The van der Waals surface area contributed by atoms with E-state index in [1.165, 1.54) is 24.3 Å². The molecule has 0 spiro atoms. The second-order valence-electron chi connectivity index (χ2n) is 9.85. The lowest BCUT2D eigenvalue weighted by Gasteiger charge is -2.35. The molecule has 10 heteroatoms.